The largest absolute Gasteiger partial charge is 0.365 e. The van der Waals surface area contributed by atoms with E-state index in [1.807, 2.05) is 69.3 Å². The third-order valence-electron chi connectivity index (χ3n) is 3.89. The molecular weight excluding hydrogens is 372 g/mol. The monoisotopic (exact) mass is 394 g/mol. The molecule has 0 spiro atoms. The molecule has 28 heavy (non-hydrogen) atoms. The molecule has 0 aliphatic heterocycles. The number of benzene rings is 2. The molecule has 2 N–H and O–H groups in total. The minimum Gasteiger partial charge on any atom is -0.365 e. The van der Waals surface area contributed by atoms with Crippen LogP contribution in [0.5, 0.6) is 0 Å². The highest BCUT2D eigenvalue weighted by Crippen LogP contribution is 2.20. The summed E-state index contributed by atoms with van der Waals surface area (Å²) in [6.07, 6.45) is 0. The summed E-state index contributed by atoms with van der Waals surface area (Å²) < 4.78 is 0. The molecule has 0 fully saturated rings. The second-order valence-corrected chi connectivity index (χ2v) is 7.88. The van der Waals surface area contributed by atoms with Gasteiger partial charge < -0.3 is 10.6 Å². The minimum absolute atomic E-state index is 0.201. The van der Waals surface area contributed by atoms with Crippen LogP contribution in [0.1, 0.15) is 36.8 Å². The maximum absolute atomic E-state index is 12.8. The van der Waals surface area contributed by atoms with Gasteiger partial charge in [0.1, 0.15) is 11.5 Å². The maximum atomic E-state index is 12.8. The van der Waals surface area contributed by atoms with Crippen molar-refractivity contribution in [3.63, 3.8) is 0 Å². The van der Waals surface area contributed by atoms with Crippen LogP contribution in [0.25, 0.3) is 11.4 Å². The molecule has 2 aromatic carbocycles. The van der Waals surface area contributed by atoms with Crippen molar-refractivity contribution in [1.29, 1.82) is 0 Å². The second-order valence-electron chi connectivity index (χ2n) is 7.48. The Hall–Kier alpha value is -2.92. The van der Waals surface area contributed by atoms with Gasteiger partial charge in [0.25, 0.3) is 5.91 Å². The highest BCUT2D eigenvalue weighted by atomic mass is 35.5. The molecular formula is C22H23ClN4O. The van der Waals surface area contributed by atoms with E-state index in [0.717, 1.165) is 11.1 Å². The Morgan fingerprint density at radius 3 is 2.36 bits per heavy atom. The van der Waals surface area contributed by atoms with Gasteiger partial charge in [-0.15, -0.1) is 0 Å². The summed E-state index contributed by atoms with van der Waals surface area (Å²) >= 11 is 6.17. The van der Waals surface area contributed by atoms with Crippen LogP contribution in [0.4, 0.5) is 5.82 Å². The highest BCUT2D eigenvalue weighted by Gasteiger charge is 2.16. The summed E-state index contributed by atoms with van der Waals surface area (Å²) in [7, 11) is 0. The standard InChI is InChI=1S/C22H23ClN4O/c1-22(2,3)27-19-13-18(25-20(26-19)15-9-5-4-6-10-15)21(28)24-14-16-11-7-8-12-17(16)23/h4-13H,14H2,1-3H3,(H,24,28)(H,25,26,27). The number of rotatable bonds is 5. The summed E-state index contributed by atoms with van der Waals surface area (Å²) in [5, 5.41) is 6.82. The fourth-order valence-electron chi connectivity index (χ4n) is 2.64. The van der Waals surface area contributed by atoms with Crippen LogP contribution in [0, 0.1) is 0 Å². The highest BCUT2D eigenvalue weighted by molar-refractivity contribution is 6.31. The fourth-order valence-corrected chi connectivity index (χ4v) is 2.84. The zero-order chi connectivity index (χ0) is 20.1. The quantitative estimate of drug-likeness (QED) is 0.643. The molecule has 1 aromatic heterocycles. The van der Waals surface area contributed by atoms with Crippen LogP contribution < -0.4 is 10.6 Å². The second kappa shape index (κ2) is 8.40. The normalized spacial score (nSPS) is 11.1. The average Bonchev–Trinajstić information content (AvgIpc) is 2.66. The van der Waals surface area contributed by atoms with Crippen LogP contribution in [-0.4, -0.2) is 21.4 Å². The molecule has 1 amide bonds. The third kappa shape index (κ3) is 5.30. The van der Waals surface area contributed by atoms with Gasteiger partial charge in [-0.05, 0) is 32.4 Å². The number of amides is 1. The predicted molar refractivity (Wildman–Crippen MR) is 113 cm³/mol. The number of nitrogens with zero attached hydrogens (tertiary/aromatic N) is 2. The van der Waals surface area contributed by atoms with Crippen molar-refractivity contribution in [2.45, 2.75) is 32.9 Å². The summed E-state index contributed by atoms with van der Waals surface area (Å²) in [5.74, 6) is 0.818. The molecule has 3 aromatic rings. The molecule has 5 nitrogen and oxygen atoms in total. The lowest BCUT2D eigenvalue weighted by atomic mass is 10.1. The predicted octanol–water partition coefficient (Wildman–Crippen LogP) is 4.94. The lowest BCUT2D eigenvalue weighted by Gasteiger charge is -2.22. The van der Waals surface area contributed by atoms with E-state index in [1.54, 1.807) is 12.1 Å². The molecule has 3 rings (SSSR count). The van der Waals surface area contributed by atoms with Gasteiger partial charge in [-0.3, -0.25) is 4.79 Å². The summed E-state index contributed by atoms with van der Waals surface area (Å²) in [6.45, 7) is 6.43. The van der Waals surface area contributed by atoms with E-state index in [9.17, 15) is 4.79 Å². The number of nitrogens with one attached hydrogen (secondary N) is 2. The SMILES string of the molecule is CC(C)(C)Nc1cc(C(=O)NCc2ccccc2Cl)nc(-c2ccccc2)n1. The number of anilines is 1. The Morgan fingerprint density at radius 2 is 1.68 bits per heavy atom. The molecule has 1 heterocycles. The number of carbonyl (C=O) groups is 1. The fraction of sp³-hybridized carbons (Fsp3) is 0.227. The lowest BCUT2D eigenvalue weighted by Crippen LogP contribution is -2.28. The molecule has 0 unspecified atom stereocenters. The Bertz CT molecular complexity index is 968. The molecule has 6 heteroatoms. The zero-order valence-corrected chi connectivity index (χ0v) is 16.9. The summed E-state index contributed by atoms with van der Waals surface area (Å²) in [5.41, 5.74) is 1.80. The minimum atomic E-state index is -0.281. The van der Waals surface area contributed by atoms with E-state index in [2.05, 4.69) is 20.6 Å². The van der Waals surface area contributed by atoms with Crippen molar-refractivity contribution < 1.29 is 4.79 Å². The van der Waals surface area contributed by atoms with Crippen LogP contribution in [0.3, 0.4) is 0 Å². The molecule has 0 aliphatic carbocycles. The smallest absolute Gasteiger partial charge is 0.270 e. The number of hydrogen-bond acceptors (Lipinski definition) is 4. The van der Waals surface area contributed by atoms with E-state index in [-0.39, 0.29) is 11.4 Å². The number of carbonyl (C=O) groups excluding carboxylic acids is 1. The van der Waals surface area contributed by atoms with Crippen molar-refractivity contribution >= 4 is 23.3 Å². The van der Waals surface area contributed by atoms with Crippen LogP contribution in [0.15, 0.2) is 60.7 Å². The van der Waals surface area contributed by atoms with Gasteiger partial charge in [-0.1, -0.05) is 60.1 Å². The van der Waals surface area contributed by atoms with Crippen molar-refractivity contribution in [1.82, 2.24) is 15.3 Å². The number of hydrogen-bond donors (Lipinski definition) is 2. The molecule has 0 radical (unpaired) electrons. The first-order valence-electron chi connectivity index (χ1n) is 9.06. The Balaban J connectivity index is 1.89. The van der Waals surface area contributed by atoms with E-state index in [1.165, 1.54) is 0 Å². The van der Waals surface area contributed by atoms with Gasteiger partial charge in [-0.2, -0.15) is 0 Å². The van der Waals surface area contributed by atoms with Crippen LogP contribution in [0.2, 0.25) is 5.02 Å². The molecule has 0 bridgehead atoms. The van der Waals surface area contributed by atoms with E-state index in [4.69, 9.17) is 11.6 Å². The van der Waals surface area contributed by atoms with Crippen molar-refractivity contribution in [3.8, 4) is 11.4 Å². The summed E-state index contributed by atoms with van der Waals surface area (Å²) in [4.78, 5) is 21.8. The summed E-state index contributed by atoms with van der Waals surface area (Å²) in [6, 6.07) is 18.7. The van der Waals surface area contributed by atoms with E-state index >= 15 is 0 Å². The molecule has 144 valence electrons. The van der Waals surface area contributed by atoms with E-state index in [0.29, 0.717) is 28.9 Å². The van der Waals surface area contributed by atoms with Gasteiger partial charge in [0.2, 0.25) is 0 Å². The zero-order valence-electron chi connectivity index (χ0n) is 16.2. The average molecular weight is 395 g/mol. The van der Waals surface area contributed by atoms with Gasteiger partial charge in [-0.25, -0.2) is 9.97 Å². The Kier molecular flexibility index (Phi) is 5.95. The van der Waals surface area contributed by atoms with Crippen molar-refractivity contribution in [2.24, 2.45) is 0 Å². The van der Waals surface area contributed by atoms with Crippen molar-refractivity contribution in [2.75, 3.05) is 5.32 Å². The van der Waals surface area contributed by atoms with E-state index < -0.39 is 0 Å². The molecule has 0 saturated heterocycles. The van der Waals surface area contributed by atoms with Gasteiger partial charge in [0.05, 0.1) is 0 Å². The van der Waals surface area contributed by atoms with Crippen LogP contribution in [-0.2, 0) is 6.54 Å². The Labute approximate surface area is 170 Å². The van der Waals surface area contributed by atoms with Crippen molar-refractivity contribution in [3.05, 3.63) is 76.9 Å². The first-order chi connectivity index (χ1) is 13.3. The first-order valence-corrected chi connectivity index (χ1v) is 9.44. The first kappa shape index (κ1) is 19.8. The number of halogens is 1. The molecule has 0 aliphatic rings. The van der Waals surface area contributed by atoms with Gasteiger partial charge >= 0.3 is 0 Å². The van der Waals surface area contributed by atoms with Crippen LogP contribution >= 0.6 is 11.6 Å². The Morgan fingerprint density at radius 1 is 1.00 bits per heavy atom. The number of aromatic nitrogens is 2. The maximum Gasteiger partial charge on any atom is 0.270 e. The lowest BCUT2D eigenvalue weighted by molar-refractivity contribution is 0.0946. The molecule has 0 saturated carbocycles. The molecule has 0 atom stereocenters. The van der Waals surface area contributed by atoms with Gasteiger partial charge in [0.15, 0.2) is 5.82 Å². The topological polar surface area (TPSA) is 66.9 Å². The van der Waals surface area contributed by atoms with Gasteiger partial charge in [0, 0.05) is 28.7 Å². The third-order valence-corrected chi connectivity index (χ3v) is 4.26.